The molecule has 0 saturated carbocycles. The Morgan fingerprint density at radius 2 is 2.00 bits per heavy atom. The molecule has 8 heteroatoms. The fraction of sp³-hybridized carbons (Fsp3) is 0.273. The average molecular weight is 425 g/mol. The molecule has 2 atom stereocenters. The molecular formula is C22H21FN4O2S. The van der Waals surface area contributed by atoms with Gasteiger partial charge in [0, 0.05) is 36.3 Å². The number of nitrogens with zero attached hydrogens (tertiary/aromatic N) is 3. The van der Waals surface area contributed by atoms with Crippen LogP contribution in [0.5, 0.6) is 0 Å². The molecule has 4 rings (SSSR count). The molecule has 2 aromatic rings. The van der Waals surface area contributed by atoms with E-state index in [4.69, 9.17) is 0 Å². The number of carbonyl (C=O) groups is 2. The molecule has 1 amide bonds. The van der Waals surface area contributed by atoms with Gasteiger partial charge in [-0.05, 0) is 54.8 Å². The van der Waals surface area contributed by atoms with E-state index in [-0.39, 0.29) is 22.1 Å². The summed E-state index contributed by atoms with van der Waals surface area (Å²) in [5.41, 5.74) is 5.89. The highest BCUT2D eigenvalue weighted by Crippen LogP contribution is 2.37. The Labute approximate surface area is 178 Å². The first-order valence-corrected chi connectivity index (χ1v) is 10.5. The molecular weight excluding hydrogens is 403 g/mol. The quantitative estimate of drug-likeness (QED) is 0.590. The van der Waals surface area contributed by atoms with Crippen molar-refractivity contribution in [3.8, 4) is 0 Å². The van der Waals surface area contributed by atoms with E-state index in [0.29, 0.717) is 24.4 Å². The number of pyridine rings is 1. The number of amides is 1. The molecule has 0 aliphatic carbocycles. The summed E-state index contributed by atoms with van der Waals surface area (Å²) < 4.78 is 13.5. The minimum absolute atomic E-state index is 0.0669. The van der Waals surface area contributed by atoms with E-state index in [1.165, 1.54) is 23.9 Å². The number of hydrogen-bond donors (Lipinski definition) is 1. The highest BCUT2D eigenvalue weighted by molar-refractivity contribution is 8.15. The standard InChI is InChI=1S/C22H21FN4O2S/c1-14(15-6-9-24-10-7-15)25-26-22(29)21(16-2-4-18(23)5-3-16)27-11-8-19-17(13-27)12-20(28)30-19/h2-7,9-10,12,19,21H,8,11,13H2,1H3,(H,26,29)/b25-14+. The van der Waals surface area contributed by atoms with E-state index in [0.717, 1.165) is 17.6 Å². The molecule has 1 fully saturated rings. The first-order chi connectivity index (χ1) is 14.5. The van der Waals surface area contributed by atoms with Gasteiger partial charge in [0.15, 0.2) is 0 Å². The molecule has 1 N–H and O–H groups in total. The Hall–Kier alpha value is -2.84. The molecule has 154 valence electrons. The predicted molar refractivity (Wildman–Crippen MR) is 114 cm³/mol. The van der Waals surface area contributed by atoms with Gasteiger partial charge in [0.05, 0.1) is 5.71 Å². The van der Waals surface area contributed by atoms with Gasteiger partial charge < -0.3 is 0 Å². The number of carbonyl (C=O) groups excluding carboxylic acids is 2. The Kier molecular flexibility index (Phi) is 6.06. The Morgan fingerprint density at radius 1 is 1.27 bits per heavy atom. The second kappa shape index (κ2) is 8.89. The second-order valence-electron chi connectivity index (χ2n) is 7.27. The number of benzene rings is 1. The van der Waals surface area contributed by atoms with Crippen LogP contribution < -0.4 is 5.43 Å². The van der Waals surface area contributed by atoms with Crippen LogP contribution >= 0.6 is 11.8 Å². The maximum absolute atomic E-state index is 13.5. The number of halogens is 1. The summed E-state index contributed by atoms with van der Waals surface area (Å²) in [7, 11) is 0. The molecule has 30 heavy (non-hydrogen) atoms. The second-order valence-corrected chi connectivity index (χ2v) is 8.47. The van der Waals surface area contributed by atoms with E-state index >= 15 is 0 Å². The van der Waals surface area contributed by atoms with Gasteiger partial charge in [0.1, 0.15) is 11.9 Å². The minimum atomic E-state index is -0.637. The molecule has 1 saturated heterocycles. The Bertz CT molecular complexity index is 1010. The number of nitrogens with one attached hydrogen (secondary N) is 1. The van der Waals surface area contributed by atoms with Crippen LogP contribution in [0.25, 0.3) is 0 Å². The summed E-state index contributed by atoms with van der Waals surface area (Å²) in [6, 6.07) is 8.93. The van der Waals surface area contributed by atoms with E-state index in [9.17, 15) is 14.0 Å². The summed E-state index contributed by atoms with van der Waals surface area (Å²) in [4.78, 5) is 30.9. The lowest BCUT2D eigenvalue weighted by Crippen LogP contribution is -2.44. The lowest BCUT2D eigenvalue weighted by Gasteiger charge is -2.36. The van der Waals surface area contributed by atoms with Crippen molar-refractivity contribution in [2.75, 3.05) is 13.1 Å². The Morgan fingerprint density at radius 3 is 2.73 bits per heavy atom. The summed E-state index contributed by atoms with van der Waals surface area (Å²) in [5, 5.41) is 4.51. The molecule has 2 aliphatic rings. The Balaban J connectivity index is 1.57. The molecule has 1 aromatic heterocycles. The average Bonchev–Trinajstić information content (AvgIpc) is 3.13. The van der Waals surface area contributed by atoms with Crippen molar-refractivity contribution in [3.63, 3.8) is 0 Å². The van der Waals surface area contributed by atoms with E-state index in [1.54, 1.807) is 37.5 Å². The molecule has 2 unspecified atom stereocenters. The predicted octanol–water partition coefficient (Wildman–Crippen LogP) is 3.08. The topological polar surface area (TPSA) is 74.7 Å². The number of thioether (sulfide) groups is 1. The van der Waals surface area contributed by atoms with E-state index < -0.39 is 6.04 Å². The van der Waals surface area contributed by atoms with Gasteiger partial charge in [0.25, 0.3) is 5.91 Å². The van der Waals surface area contributed by atoms with Crippen LogP contribution in [0.1, 0.15) is 30.5 Å². The SMILES string of the molecule is C/C(=N\NC(=O)C(c1ccc(F)cc1)N1CCC2SC(=O)C=C2C1)c1ccncc1. The van der Waals surface area contributed by atoms with Gasteiger partial charge in [-0.1, -0.05) is 23.9 Å². The summed E-state index contributed by atoms with van der Waals surface area (Å²) in [5.74, 6) is -0.658. The maximum atomic E-state index is 13.5. The largest absolute Gasteiger partial charge is 0.284 e. The fourth-order valence-corrected chi connectivity index (χ4v) is 4.75. The van der Waals surface area contributed by atoms with Crippen LogP contribution in [0, 0.1) is 5.82 Å². The summed E-state index contributed by atoms with van der Waals surface area (Å²) >= 11 is 1.35. The number of hydrogen-bond acceptors (Lipinski definition) is 6. The molecule has 3 heterocycles. The fourth-order valence-electron chi connectivity index (χ4n) is 3.73. The molecule has 0 spiro atoms. The van der Waals surface area contributed by atoms with Gasteiger partial charge in [-0.3, -0.25) is 19.5 Å². The highest BCUT2D eigenvalue weighted by Gasteiger charge is 2.36. The lowest BCUT2D eigenvalue weighted by atomic mass is 9.98. The van der Waals surface area contributed by atoms with Gasteiger partial charge in [-0.2, -0.15) is 5.10 Å². The first kappa shape index (κ1) is 20.4. The van der Waals surface area contributed by atoms with Crippen molar-refractivity contribution in [2.45, 2.75) is 24.6 Å². The number of rotatable bonds is 5. The van der Waals surface area contributed by atoms with Crippen molar-refractivity contribution in [2.24, 2.45) is 5.10 Å². The third-order valence-electron chi connectivity index (χ3n) is 5.27. The van der Waals surface area contributed by atoms with Crippen LogP contribution in [0.2, 0.25) is 0 Å². The maximum Gasteiger partial charge on any atom is 0.262 e. The zero-order valence-corrected chi connectivity index (χ0v) is 17.2. The van der Waals surface area contributed by atoms with Crippen molar-refractivity contribution in [1.82, 2.24) is 15.3 Å². The van der Waals surface area contributed by atoms with Gasteiger partial charge in [-0.25, -0.2) is 9.82 Å². The summed E-state index contributed by atoms with van der Waals surface area (Å²) in [6.07, 6.45) is 5.78. The van der Waals surface area contributed by atoms with Gasteiger partial charge in [0.2, 0.25) is 5.12 Å². The molecule has 6 nitrogen and oxygen atoms in total. The highest BCUT2D eigenvalue weighted by atomic mass is 32.2. The van der Waals surface area contributed by atoms with Crippen LogP contribution in [0.4, 0.5) is 4.39 Å². The van der Waals surface area contributed by atoms with Gasteiger partial charge in [-0.15, -0.1) is 0 Å². The third-order valence-corrected chi connectivity index (χ3v) is 6.44. The number of aromatic nitrogens is 1. The van der Waals surface area contributed by atoms with Crippen LogP contribution in [-0.4, -0.2) is 45.0 Å². The molecule has 0 radical (unpaired) electrons. The third kappa shape index (κ3) is 4.49. The van der Waals surface area contributed by atoms with Crippen molar-refractivity contribution in [1.29, 1.82) is 0 Å². The zero-order chi connectivity index (χ0) is 21.1. The number of piperidine rings is 1. The van der Waals surface area contributed by atoms with Crippen molar-refractivity contribution in [3.05, 3.63) is 77.4 Å². The smallest absolute Gasteiger partial charge is 0.262 e. The zero-order valence-electron chi connectivity index (χ0n) is 16.4. The van der Waals surface area contributed by atoms with E-state index in [2.05, 4.69) is 15.5 Å². The van der Waals surface area contributed by atoms with Crippen LogP contribution in [-0.2, 0) is 9.59 Å². The minimum Gasteiger partial charge on any atom is -0.284 e. The number of likely N-dealkylation sites (tertiary alicyclic amines) is 1. The van der Waals surface area contributed by atoms with E-state index in [1.807, 2.05) is 17.0 Å². The normalized spacial score (nSPS) is 20.5. The molecule has 0 bridgehead atoms. The first-order valence-electron chi connectivity index (χ1n) is 9.66. The lowest BCUT2D eigenvalue weighted by molar-refractivity contribution is -0.126. The van der Waals surface area contributed by atoms with Crippen molar-refractivity contribution < 1.29 is 14.0 Å². The molecule has 1 aromatic carbocycles. The van der Waals surface area contributed by atoms with Crippen LogP contribution in [0.3, 0.4) is 0 Å². The number of fused-ring (bicyclic) bond motifs is 1. The summed E-state index contributed by atoms with van der Waals surface area (Å²) in [6.45, 7) is 2.98. The number of hydrazone groups is 1. The van der Waals surface area contributed by atoms with Crippen LogP contribution in [0.15, 0.2) is 65.5 Å². The van der Waals surface area contributed by atoms with Gasteiger partial charge >= 0.3 is 0 Å². The van der Waals surface area contributed by atoms with Crippen molar-refractivity contribution >= 4 is 28.5 Å². The monoisotopic (exact) mass is 424 g/mol. The molecule has 2 aliphatic heterocycles.